The van der Waals surface area contributed by atoms with Gasteiger partial charge < -0.3 is 25.0 Å². The third kappa shape index (κ3) is 4.04. The zero-order valence-electron chi connectivity index (χ0n) is 21.1. The molecule has 10 heteroatoms. The third-order valence-corrected chi connectivity index (χ3v) is 9.26. The summed E-state index contributed by atoms with van der Waals surface area (Å²) in [6, 6.07) is -0.759. The molecule has 3 fully saturated rings. The first-order valence-electron chi connectivity index (χ1n) is 12.8. The highest BCUT2D eigenvalue weighted by Gasteiger charge is 2.70. The van der Waals surface area contributed by atoms with Gasteiger partial charge in [0.2, 0.25) is 11.9 Å². The summed E-state index contributed by atoms with van der Waals surface area (Å²) in [5, 5.41) is 27.7. The van der Waals surface area contributed by atoms with E-state index in [1.54, 1.807) is 19.2 Å². The number of rotatable bonds is 6. The lowest BCUT2D eigenvalue weighted by atomic mass is 9.44. The fourth-order valence-corrected chi connectivity index (χ4v) is 7.00. The fourth-order valence-electron chi connectivity index (χ4n) is 7.00. The summed E-state index contributed by atoms with van der Waals surface area (Å²) in [6.07, 6.45) is 8.62. The molecular weight excluding hydrogens is 464 g/mol. The second-order valence-electron chi connectivity index (χ2n) is 11.3. The molecule has 2 saturated carbocycles. The van der Waals surface area contributed by atoms with Gasteiger partial charge in [-0.3, -0.25) is 10.1 Å². The number of nitrogens with one attached hydrogen (secondary N) is 2. The van der Waals surface area contributed by atoms with E-state index < -0.39 is 23.2 Å². The largest absolute Gasteiger partial charge is 0.458 e. The van der Waals surface area contributed by atoms with E-state index in [0.29, 0.717) is 37.5 Å². The van der Waals surface area contributed by atoms with E-state index in [4.69, 9.17) is 9.47 Å². The van der Waals surface area contributed by atoms with Crippen LogP contribution in [0.5, 0.6) is 0 Å². The molecule has 2 aliphatic carbocycles. The molecule has 8 atom stereocenters. The number of hydrogen-bond acceptors (Lipinski definition) is 9. The van der Waals surface area contributed by atoms with Gasteiger partial charge in [-0.15, -0.1) is 0 Å². The summed E-state index contributed by atoms with van der Waals surface area (Å²) in [4.78, 5) is 33.2. The van der Waals surface area contributed by atoms with E-state index in [2.05, 4.69) is 33.6 Å². The molecule has 196 valence electrons. The number of carbonyl (C=O) groups excluding carboxylic acids is 2. The molecule has 1 saturated heterocycles. The summed E-state index contributed by atoms with van der Waals surface area (Å²) >= 11 is 0. The van der Waals surface area contributed by atoms with Crippen LogP contribution in [0.1, 0.15) is 40.0 Å². The number of cyclic esters (lactones) is 1. The second kappa shape index (κ2) is 9.16. The molecule has 0 aromatic carbocycles. The fraction of sp³-hybridized carbons (Fsp3) is 0.692. The minimum Gasteiger partial charge on any atom is -0.458 e. The Labute approximate surface area is 210 Å². The van der Waals surface area contributed by atoms with Crippen LogP contribution in [0, 0.1) is 22.7 Å². The average Bonchev–Trinajstić information content (AvgIpc) is 3.25. The molecule has 36 heavy (non-hydrogen) atoms. The van der Waals surface area contributed by atoms with Crippen molar-refractivity contribution in [1.29, 1.82) is 0 Å². The lowest BCUT2D eigenvalue weighted by molar-refractivity contribution is -0.174. The number of guanidine groups is 1. The SMILES string of the molecule is CC(NC1CC2[C@](C)(CC[C@@H](O)[C@@]2(C)CO)C(/C=C/C2=CCOC2=O)C12CO2)C(=O)NC1=NCC=N1. The van der Waals surface area contributed by atoms with E-state index in [9.17, 15) is 19.8 Å². The van der Waals surface area contributed by atoms with Crippen molar-refractivity contribution in [3.63, 3.8) is 0 Å². The van der Waals surface area contributed by atoms with Gasteiger partial charge in [0.15, 0.2) is 0 Å². The molecule has 0 bridgehead atoms. The van der Waals surface area contributed by atoms with Crippen LogP contribution in [0.15, 0.2) is 33.8 Å². The third-order valence-electron chi connectivity index (χ3n) is 9.26. The molecule has 0 aromatic rings. The highest BCUT2D eigenvalue weighted by atomic mass is 16.6. The molecule has 1 spiro atoms. The Morgan fingerprint density at radius 3 is 2.78 bits per heavy atom. The normalized spacial score (nSPS) is 42.2. The van der Waals surface area contributed by atoms with Crippen LogP contribution >= 0.6 is 0 Å². The summed E-state index contributed by atoms with van der Waals surface area (Å²) in [5.74, 6) is -0.428. The first kappa shape index (κ1) is 25.3. The van der Waals surface area contributed by atoms with Crippen LogP contribution in [0.2, 0.25) is 0 Å². The highest BCUT2D eigenvalue weighted by molar-refractivity contribution is 6.04. The van der Waals surface area contributed by atoms with Crippen molar-refractivity contribution in [3.05, 3.63) is 23.8 Å². The Hall–Kier alpha value is -2.40. The maximum atomic E-state index is 12.9. The quantitative estimate of drug-likeness (QED) is 0.307. The number of hydrogen-bond donors (Lipinski definition) is 4. The van der Waals surface area contributed by atoms with Crippen molar-refractivity contribution in [3.8, 4) is 0 Å². The van der Waals surface area contributed by atoms with Crippen molar-refractivity contribution in [2.75, 3.05) is 26.4 Å². The second-order valence-corrected chi connectivity index (χ2v) is 11.3. The number of aliphatic hydroxyl groups excluding tert-OH is 2. The predicted octanol–water partition coefficient (Wildman–Crippen LogP) is 0.494. The Morgan fingerprint density at radius 2 is 2.17 bits per heavy atom. The monoisotopic (exact) mass is 500 g/mol. The van der Waals surface area contributed by atoms with Crippen LogP contribution in [0.4, 0.5) is 0 Å². The van der Waals surface area contributed by atoms with Gasteiger partial charge in [0.25, 0.3) is 0 Å². The number of aliphatic imine (C=N–C) groups is 2. The molecule has 3 aliphatic heterocycles. The molecule has 1 amide bonds. The maximum Gasteiger partial charge on any atom is 0.338 e. The van der Waals surface area contributed by atoms with E-state index in [1.165, 1.54) is 0 Å². The number of nitrogens with zero attached hydrogens (tertiary/aromatic N) is 2. The highest BCUT2D eigenvalue weighted by Crippen LogP contribution is 2.65. The van der Waals surface area contributed by atoms with Gasteiger partial charge in [-0.05, 0) is 43.6 Å². The Kier molecular flexibility index (Phi) is 6.43. The summed E-state index contributed by atoms with van der Waals surface area (Å²) in [7, 11) is 0. The number of esters is 1. The number of carbonyl (C=O) groups is 2. The molecule has 10 nitrogen and oxygen atoms in total. The van der Waals surface area contributed by atoms with Crippen LogP contribution < -0.4 is 10.6 Å². The molecular formula is C26H36N4O6. The minimum atomic E-state index is -0.708. The van der Waals surface area contributed by atoms with Gasteiger partial charge in [-0.1, -0.05) is 26.0 Å². The van der Waals surface area contributed by atoms with Crippen molar-refractivity contribution < 1.29 is 29.3 Å². The Bertz CT molecular complexity index is 1050. The van der Waals surface area contributed by atoms with Crippen molar-refractivity contribution in [1.82, 2.24) is 10.6 Å². The first-order chi connectivity index (χ1) is 17.1. The van der Waals surface area contributed by atoms with Crippen molar-refractivity contribution in [2.45, 2.75) is 63.8 Å². The zero-order chi connectivity index (χ0) is 25.7. The molecule has 3 heterocycles. The minimum absolute atomic E-state index is 0.0516. The Balaban J connectivity index is 1.46. The van der Waals surface area contributed by atoms with Gasteiger partial charge in [-0.2, -0.15) is 0 Å². The number of aliphatic hydroxyl groups is 2. The van der Waals surface area contributed by atoms with Gasteiger partial charge in [0.1, 0.15) is 12.2 Å². The van der Waals surface area contributed by atoms with E-state index >= 15 is 0 Å². The molecule has 0 aromatic heterocycles. The molecule has 5 aliphatic rings. The zero-order valence-corrected chi connectivity index (χ0v) is 21.1. The number of amides is 1. The van der Waals surface area contributed by atoms with Crippen LogP contribution in [-0.2, 0) is 19.1 Å². The predicted molar refractivity (Wildman–Crippen MR) is 132 cm³/mol. The number of ether oxygens (including phenoxy) is 2. The van der Waals surface area contributed by atoms with Crippen LogP contribution in [0.25, 0.3) is 0 Å². The number of epoxide rings is 1. The lowest BCUT2D eigenvalue weighted by Crippen LogP contribution is -2.67. The lowest BCUT2D eigenvalue weighted by Gasteiger charge is -2.62. The van der Waals surface area contributed by atoms with E-state index in [1.807, 2.05) is 13.0 Å². The molecule has 0 radical (unpaired) electrons. The topological polar surface area (TPSA) is 145 Å². The van der Waals surface area contributed by atoms with E-state index in [0.717, 1.165) is 6.42 Å². The summed E-state index contributed by atoms with van der Waals surface area (Å²) in [6.45, 7) is 7.06. The first-order valence-corrected chi connectivity index (χ1v) is 12.8. The Morgan fingerprint density at radius 1 is 1.39 bits per heavy atom. The maximum absolute atomic E-state index is 12.9. The standard InChI is InChI=1S/C26H36N4O6/c1-15(21(33)30-23-27-9-10-28-23)29-19-12-18-24(2,8-6-20(32)25(18,3)13-31)17(26(19)14-36-26)5-4-16-7-11-35-22(16)34/h4-5,7,9,15,17-20,29,31-32H,6,8,10-14H2,1-3H3,(H,28,30,33)/b5-4+/t15?,17?,18?,19?,20-,24-,25+,26?/m1/s1. The van der Waals surface area contributed by atoms with Crippen molar-refractivity contribution in [2.24, 2.45) is 32.7 Å². The van der Waals surface area contributed by atoms with Gasteiger partial charge in [-0.25, -0.2) is 14.8 Å². The molecule has 4 N–H and O–H groups in total. The summed E-state index contributed by atoms with van der Waals surface area (Å²) in [5.41, 5.74) is -1.03. The van der Waals surface area contributed by atoms with Gasteiger partial charge in [0.05, 0.1) is 37.5 Å². The summed E-state index contributed by atoms with van der Waals surface area (Å²) < 4.78 is 11.3. The average molecular weight is 501 g/mol. The number of fused-ring (bicyclic) bond motifs is 1. The van der Waals surface area contributed by atoms with Gasteiger partial charge in [0, 0.05) is 23.6 Å². The molecule has 5 rings (SSSR count). The smallest absolute Gasteiger partial charge is 0.338 e. The van der Waals surface area contributed by atoms with E-state index in [-0.39, 0.29) is 48.4 Å². The molecule has 5 unspecified atom stereocenters. The van der Waals surface area contributed by atoms with Crippen LogP contribution in [0.3, 0.4) is 0 Å². The van der Waals surface area contributed by atoms with Crippen molar-refractivity contribution >= 4 is 24.1 Å². The van der Waals surface area contributed by atoms with Gasteiger partial charge >= 0.3 is 5.97 Å². The van der Waals surface area contributed by atoms with Crippen LogP contribution in [-0.4, -0.2) is 84.4 Å².